The van der Waals surface area contributed by atoms with Crippen LogP contribution in [0.1, 0.15) is 20.8 Å². The number of allylic oxidation sites excluding steroid dienone is 2. The summed E-state index contributed by atoms with van der Waals surface area (Å²) < 4.78 is 32.6. The molecule has 8 heteroatoms. The average Bonchev–Trinajstić information content (AvgIpc) is 2.48. The Morgan fingerprint density at radius 2 is 1.41 bits per heavy atom. The third kappa shape index (κ3) is 13.2. The molecule has 2 atom stereocenters. The number of rotatable bonds is 2. The summed E-state index contributed by atoms with van der Waals surface area (Å²) in [6.45, 7) is 18.0. The third-order valence-electron chi connectivity index (χ3n) is 2.00. The second-order valence-corrected chi connectivity index (χ2v) is 3.40. The van der Waals surface area contributed by atoms with Gasteiger partial charge < -0.3 is 9.47 Å². The predicted molar refractivity (Wildman–Crippen MR) is 65.8 cm³/mol. The summed E-state index contributed by atoms with van der Waals surface area (Å²) in [6.07, 6.45) is 4.28. The Bertz CT molecular complexity index is 432. The van der Waals surface area contributed by atoms with Crippen molar-refractivity contribution in [1.82, 2.24) is 0 Å². The van der Waals surface area contributed by atoms with Gasteiger partial charge in [-0.15, -0.1) is 0 Å². The predicted octanol–water partition coefficient (Wildman–Crippen LogP) is 1.25. The number of ether oxygens (including phenoxy) is 2. The summed E-state index contributed by atoms with van der Waals surface area (Å²) in [4.78, 5) is 21.7. The molecule has 1 rings (SSSR count). The van der Waals surface area contributed by atoms with Gasteiger partial charge in [0.05, 0.1) is 0 Å². The summed E-state index contributed by atoms with van der Waals surface area (Å²) in [7, 11) is 0. The quantitative estimate of drug-likeness (QED) is 0.323. The molecular formula is C14H14FeO7. The van der Waals surface area contributed by atoms with Crippen LogP contribution in [0, 0.1) is 20.0 Å². The van der Waals surface area contributed by atoms with Crippen molar-refractivity contribution >= 4 is 11.9 Å². The van der Waals surface area contributed by atoms with E-state index in [1.807, 2.05) is 13.0 Å². The Balaban J connectivity index is -0.000000206. The molecule has 0 heterocycles. The van der Waals surface area contributed by atoms with Gasteiger partial charge in [0.2, 0.25) is 0 Å². The first kappa shape index (κ1) is 28.3. The van der Waals surface area contributed by atoms with Gasteiger partial charge in [0.25, 0.3) is 0 Å². The van der Waals surface area contributed by atoms with Crippen molar-refractivity contribution in [2.45, 2.75) is 33.0 Å². The van der Waals surface area contributed by atoms with Crippen LogP contribution in [0.3, 0.4) is 0 Å². The third-order valence-corrected chi connectivity index (χ3v) is 2.00. The molecule has 0 spiro atoms. The van der Waals surface area contributed by atoms with Gasteiger partial charge in [-0.25, -0.2) is 0 Å². The van der Waals surface area contributed by atoms with Gasteiger partial charge in [0.15, 0.2) is 12.2 Å². The topological polar surface area (TPSA) is 112 Å². The summed E-state index contributed by atoms with van der Waals surface area (Å²) >= 11 is 0. The van der Waals surface area contributed by atoms with Crippen molar-refractivity contribution in [1.29, 1.82) is 0 Å². The van der Waals surface area contributed by atoms with E-state index in [1.165, 1.54) is 13.8 Å². The van der Waals surface area contributed by atoms with E-state index in [-0.39, 0.29) is 23.0 Å². The molecule has 1 aliphatic carbocycles. The van der Waals surface area contributed by atoms with Crippen molar-refractivity contribution < 1.29 is 50.1 Å². The molecule has 0 aromatic carbocycles. The Hall–Kier alpha value is -1.84. The van der Waals surface area contributed by atoms with E-state index < -0.39 is 18.2 Å². The first-order valence-corrected chi connectivity index (χ1v) is 5.31. The summed E-state index contributed by atoms with van der Waals surface area (Å²) in [5.41, 5.74) is 0.860. The number of carbonyl (C=O) groups is 2. The second kappa shape index (κ2) is 19.2. The van der Waals surface area contributed by atoms with Crippen LogP contribution in [0.4, 0.5) is 0 Å². The van der Waals surface area contributed by atoms with Crippen molar-refractivity contribution in [3.8, 4) is 0 Å². The van der Waals surface area contributed by atoms with Crippen LogP contribution in [0.5, 0.6) is 0 Å². The van der Waals surface area contributed by atoms with Crippen LogP contribution in [0.2, 0.25) is 0 Å². The van der Waals surface area contributed by atoms with Crippen molar-refractivity contribution in [2.24, 2.45) is 0 Å². The number of hydrogen-bond acceptors (Lipinski definition) is 4. The molecule has 0 aliphatic heterocycles. The van der Waals surface area contributed by atoms with E-state index in [2.05, 4.69) is 20.0 Å². The summed E-state index contributed by atoms with van der Waals surface area (Å²) in [5, 5.41) is 0. The Morgan fingerprint density at radius 1 is 1.00 bits per heavy atom. The van der Waals surface area contributed by atoms with E-state index in [9.17, 15) is 9.59 Å². The van der Waals surface area contributed by atoms with Crippen LogP contribution < -0.4 is 0 Å². The van der Waals surface area contributed by atoms with Gasteiger partial charge in [-0.05, 0) is 18.6 Å². The molecular weight excluding hydrogens is 336 g/mol. The fraction of sp³-hybridized carbons (Fsp3) is 0.357. The largest absolute Gasteiger partial charge is 0 e. The van der Waals surface area contributed by atoms with E-state index in [0.717, 1.165) is 5.57 Å². The molecule has 0 bridgehead atoms. The second-order valence-electron chi connectivity index (χ2n) is 3.40. The van der Waals surface area contributed by atoms with Gasteiger partial charge in [0, 0.05) is 30.9 Å². The van der Waals surface area contributed by atoms with Crippen LogP contribution in [-0.4, -0.2) is 24.1 Å². The maximum absolute atomic E-state index is 10.9. The van der Waals surface area contributed by atoms with Crippen molar-refractivity contribution in [3.05, 3.63) is 43.8 Å². The van der Waals surface area contributed by atoms with Crippen LogP contribution >= 0.6 is 0 Å². The molecule has 0 N–H and O–H groups in total. The fourth-order valence-electron chi connectivity index (χ4n) is 1.40. The van der Waals surface area contributed by atoms with E-state index in [0.29, 0.717) is 0 Å². The Kier molecular flexibility index (Phi) is 24.7. The Morgan fingerprint density at radius 3 is 1.77 bits per heavy atom. The molecule has 0 fully saturated rings. The van der Waals surface area contributed by atoms with E-state index in [1.54, 1.807) is 12.2 Å². The number of hydrogen-bond donors (Lipinski definition) is 0. The fourth-order valence-corrected chi connectivity index (χ4v) is 1.40. The van der Waals surface area contributed by atoms with Crippen LogP contribution in [0.15, 0.2) is 23.8 Å². The van der Waals surface area contributed by atoms with Crippen LogP contribution in [0.25, 0.3) is 0 Å². The zero-order chi connectivity index (χ0) is 17.4. The van der Waals surface area contributed by atoms with Gasteiger partial charge >= 0.3 is 45.8 Å². The molecule has 0 saturated heterocycles. The minimum atomic E-state index is -0.517. The van der Waals surface area contributed by atoms with E-state index >= 15 is 0 Å². The Labute approximate surface area is 139 Å². The average molecular weight is 350 g/mol. The zero-order valence-corrected chi connectivity index (χ0v) is 13.2. The first-order chi connectivity index (χ1) is 10.0. The van der Waals surface area contributed by atoms with Crippen LogP contribution in [-0.2, 0) is 50.1 Å². The summed E-state index contributed by atoms with van der Waals surface area (Å²) in [6, 6.07) is 0. The zero-order valence-electron chi connectivity index (χ0n) is 12.1. The standard InChI is InChI=1S/C11H14O4.3CO.Fe/c1-7-5-4-6-10(14-8(2)12)11(7)15-9(3)13;3*1-2;/h4-6,10-11H,1-3H3;;;;/t10-,11+;;;;/m1..../s1. The number of esters is 2. The molecule has 0 unspecified atom stereocenters. The molecule has 22 heavy (non-hydrogen) atoms. The van der Waals surface area contributed by atoms with Crippen molar-refractivity contribution in [2.75, 3.05) is 0 Å². The molecule has 1 aliphatic rings. The minimum absolute atomic E-state index is 0. The maximum atomic E-state index is 10.9. The van der Waals surface area contributed by atoms with Gasteiger partial charge in [-0.1, -0.05) is 12.2 Å². The van der Waals surface area contributed by atoms with Crippen molar-refractivity contribution in [3.63, 3.8) is 0 Å². The molecule has 0 amide bonds. The van der Waals surface area contributed by atoms with Gasteiger partial charge in [-0.3, -0.25) is 9.59 Å². The molecule has 0 radical (unpaired) electrons. The van der Waals surface area contributed by atoms with E-state index in [4.69, 9.17) is 23.4 Å². The summed E-state index contributed by atoms with van der Waals surface area (Å²) in [5.74, 6) is -0.781. The molecule has 120 valence electrons. The molecule has 0 aromatic rings. The SMILES string of the molecule is CC(=O)O[C@@H]1C=CC=C(C)[C@@H]1OC(C)=O.[C-]#[O+].[C-]#[O+].[C-]#[O+].[Fe]. The van der Waals surface area contributed by atoms with Gasteiger partial charge in [0.1, 0.15) is 0 Å². The maximum Gasteiger partial charge on any atom is 0 e. The minimum Gasteiger partial charge on any atom is 0 e. The smallest absolute Gasteiger partial charge is 0 e. The molecule has 0 saturated carbocycles. The first-order valence-electron chi connectivity index (χ1n) is 5.31. The molecule has 7 nitrogen and oxygen atoms in total. The van der Waals surface area contributed by atoms with Gasteiger partial charge in [-0.2, -0.15) is 0 Å². The molecule has 0 aromatic heterocycles. The number of carbonyl (C=O) groups excluding carboxylic acids is 2. The normalized spacial score (nSPS) is 16.9. The monoisotopic (exact) mass is 350 g/mol.